The lowest BCUT2D eigenvalue weighted by Gasteiger charge is -2.23. The van der Waals surface area contributed by atoms with E-state index >= 15 is 0 Å². The number of carbonyl (C=O) groups is 1. The number of ether oxygens (including phenoxy) is 2. The molecule has 1 amide bonds. The molecule has 5 nitrogen and oxygen atoms in total. The highest BCUT2D eigenvalue weighted by molar-refractivity contribution is 7.22. The number of hydrogen-bond acceptors (Lipinski definition) is 5. The van der Waals surface area contributed by atoms with E-state index in [2.05, 4.69) is 39.0 Å². The monoisotopic (exact) mass is 424 g/mol. The Kier molecular flexibility index (Phi) is 6.06. The number of aromatic nitrogens is 1. The summed E-state index contributed by atoms with van der Waals surface area (Å²) in [5, 5.41) is 0.711. The van der Waals surface area contributed by atoms with Crippen LogP contribution in [0.1, 0.15) is 35.1 Å². The molecule has 2 aromatic carbocycles. The van der Waals surface area contributed by atoms with Crippen LogP contribution in [-0.2, 0) is 16.0 Å². The SMILES string of the molecule is COc1ccc(C)c2sc(N(CC3CCCO3)C(=O)Cc3ccc(C)cc3C)nc12. The average molecular weight is 425 g/mol. The molecule has 3 aromatic rings. The number of fused-ring (bicyclic) bond motifs is 1. The zero-order valence-corrected chi connectivity index (χ0v) is 18.8. The minimum Gasteiger partial charge on any atom is -0.494 e. The van der Waals surface area contributed by atoms with Crippen LogP contribution in [-0.4, -0.2) is 37.3 Å². The number of hydrogen-bond donors (Lipinski definition) is 0. The van der Waals surface area contributed by atoms with Gasteiger partial charge in [-0.1, -0.05) is 41.2 Å². The highest BCUT2D eigenvalue weighted by atomic mass is 32.1. The molecule has 1 aliphatic rings. The maximum Gasteiger partial charge on any atom is 0.233 e. The Hall–Kier alpha value is -2.44. The molecule has 1 atom stereocenters. The van der Waals surface area contributed by atoms with Crippen LogP contribution in [0, 0.1) is 20.8 Å². The van der Waals surface area contributed by atoms with Crippen molar-refractivity contribution in [2.75, 3.05) is 25.2 Å². The first-order chi connectivity index (χ1) is 14.5. The number of methoxy groups -OCH3 is 1. The number of carbonyl (C=O) groups excluding carboxylic acids is 1. The largest absolute Gasteiger partial charge is 0.494 e. The Balaban J connectivity index is 1.69. The number of thiazole rings is 1. The van der Waals surface area contributed by atoms with Gasteiger partial charge in [-0.25, -0.2) is 4.98 Å². The third kappa shape index (κ3) is 4.20. The molecule has 0 saturated carbocycles. The molecule has 0 spiro atoms. The lowest BCUT2D eigenvalue weighted by atomic mass is 10.0. The van der Waals surface area contributed by atoms with Crippen molar-refractivity contribution in [3.8, 4) is 5.75 Å². The van der Waals surface area contributed by atoms with Gasteiger partial charge >= 0.3 is 0 Å². The van der Waals surface area contributed by atoms with Crippen LogP contribution in [0.5, 0.6) is 5.75 Å². The second kappa shape index (κ2) is 8.74. The average Bonchev–Trinajstić information content (AvgIpc) is 3.39. The van der Waals surface area contributed by atoms with Crippen LogP contribution in [0.4, 0.5) is 5.13 Å². The Labute approximate surface area is 181 Å². The fourth-order valence-corrected chi connectivity index (χ4v) is 5.04. The van der Waals surface area contributed by atoms with Gasteiger partial charge in [0, 0.05) is 6.61 Å². The molecule has 1 fully saturated rings. The van der Waals surface area contributed by atoms with Crippen molar-refractivity contribution < 1.29 is 14.3 Å². The molecule has 0 aliphatic carbocycles. The Morgan fingerprint density at radius 1 is 1.23 bits per heavy atom. The smallest absolute Gasteiger partial charge is 0.233 e. The maximum absolute atomic E-state index is 13.5. The summed E-state index contributed by atoms with van der Waals surface area (Å²) in [6.07, 6.45) is 2.42. The number of rotatable bonds is 6. The lowest BCUT2D eigenvalue weighted by Crippen LogP contribution is -2.38. The molecule has 0 bridgehead atoms. The third-order valence-electron chi connectivity index (χ3n) is 5.69. The molecule has 0 radical (unpaired) electrons. The fourth-order valence-electron chi connectivity index (χ4n) is 3.96. The van der Waals surface area contributed by atoms with Gasteiger partial charge in [-0.3, -0.25) is 9.69 Å². The van der Waals surface area contributed by atoms with E-state index in [0.29, 0.717) is 18.1 Å². The van der Waals surface area contributed by atoms with Gasteiger partial charge in [0.2, 0.25) is 5.91 Å². The summed E-state index contributed by atoms with van der Waals surface area (Å²) < 4.78 is 12.4. The van der Waals surface area contributed by atoms with Crippen LogP contribution in [0.2, 0.25) is 0 Å². The van der Waals surface area contributed by atoms with E-state index in [4.69, 9.17) is 14.5 Å². The molecule has 1 aromatic heterocycles. The van der Waals surface area contributed by atoms with Crippen molar-refractivity contribution in [2.24, 2.45) is 0 Å². The van der Waals surface area contributed by atoms with Gasteiger partial charge in [-0.15, -0.1) is 0 Å². The molecule has 6 heteroatoms. The standard InChI is InChI=1S/C24H28N2O3S/c1-15-7-9-18(17(3)12-15)13-21(27)26(14-19-6-5-11-29-19)24-25-22-20(28-4)10-8-16(2)23(22)30-24/h7-10,12,19H,5-6,11,13-14H2,1-4H3. The van der Waals surface area contributed by atoms with Crippen molar-refractivity contribution >= 4 is 32.6 Å². The Bertz CT molecular complexity index is 1070. The molecule has 1 saturated heterocycles. The highest BCUT2D eigenvalue weighted by Crippen LogP contribution is 2.37. The molecule has 0 N–H and O–H groups in total. The molecule has 1 aliphatic heterocycles. The summed E-state index contributed by atoms with van der Waals surface area (Å²) in [4.78, 5) is 20.1. The quantitative estimate of drug-likeness (QED) is 0.560. The fraction of sp³-hybridized carbons (Fsp3) is 0.417. The molecule has 30 heavy (non-hydrogen) atoms. The third-order valence-corrected chi connectivity index (χ3v) is 6.91. The second-order valence-corrected chi connectivity index (χ2v) is 8.98. The number of amides is 1. The predicted molar refractivity (Wildman–Crippen MR) is 122 cm³/mol. The van der Waals surface area contributed by atoms with E-state index in [1.165, 1.54) is 5.56 Å². The topological polar surface area (TPSA) is 51.7 Å². The van der Waals surface area contributed by atoms with Gasteiger partial charge in [-0.2, -0.15) is 0 Å². The van der Waals surface area contributed by atoms with E-state index in [-0.39, 0.29) is 12.0 Å². The minimum absolute atomic E-state index is 0.0492. The van der Waals surface area contributed by atoms with E-state index in [0.717, 1.165) is 52.1 Å². The van der Waals surface area contributed by atoms with Crippen molar-refractivity contribution in [1.82, 2.24) is 4.98 Å². The van der Waals surface area contributed by atoms with Gasteiger partial charge in [0.1, 0.15) is 11.3 Å². The molecular formula is C24H28N2O3S. The predicted octanol–water partition coefficient (Wildman–Crippen LogP) is 4.98. The van der Waals surface area contributed by atoms with Crippen molar-refractivity contribution in [1.29, 1.82) is 0 Å². The molecular weight excluding hydrogens is 396 g/mol. The molecule has 1 unspecified atom stereocenters. The van der Waals surface area contributed by atoms with Crippen molar-refractivity contribution in [3.05, 3.63) is 52.6 Å². The van der Waals surface area contributed by atoms with E-state index in [9.17, 15) is 4.79 Å². The number of benzene rings is 2. The summed E-state index contributed by atoms with van der Waals surface area (Å²) in [6, 6.07) is 10.2. The van der Waals surface area contributed by atoms with Crippen LogP contribution in [0.3, 0.4) is 0 Å². The zero-order valence-electron chi connectivity index (χ0n) is 18.0. The van der Waals surface area contributed by atoms with Crippen molar-refractivity contribution in [3.63, 3.8) is 0 Å². The number of aryl methyl sites for hydroxylation is 3. The number of anilines is 1. The van der Waals surface area contributed by atoms with E-state index < -0.39 is 0 Å². The Morgan fingerprint density at radius 2 is 2.07 bits per heavy atom. The summed E-state index contributed by atoms with van der Waals surface area (Å²) in [5.41, 5.74) is 5.34. The van der Waals surface area contributed by atoms with Gasteiger partial charge in [-0.05, 0) is 56.4 Å². The first-order valence-electron chi connectivity index (χ1n) is 10.4. The summed E-state index contributed by atoms with van der Waals surface area (Å²) in [7, 11) is 1.65. The summed E-state index contributed by atoms with van der Waals surface area (Å²) >= 11 is 1.55. The van der Waals surface area contributed by atoms with E-state index in [1.54, 1.807) is 18.4 Å². The normalized spacial score (nSPS) is 16.2. The highest BCUT2D eigenvalue weighted by Gasteiger charge is 2.27. The van der Waals surface area contributed by atoms with Crippen LogP contribution >= 0.6 is 11.3 Å². The van der Waals surface area contributed by atoms with Crippen LogP contribution in [0.15, 0.2) is 30.3 Å². The van der Waals surface area contributed by atoms with Gasteiger partial charge in [0.05, 0.1) is 30.9 Å². The van der Waals surface area contributed by atoms with Crippen molar-refractivity contribution in [2.45, 2.75) is 46.1 Å². The summed E-state index contributed by atoms with van der Waals surface area (Å²) in [6.45, 7) is 7.48. The van der Waals surface area contributed by atoms with Crippen LogP contribution in [0.25, 0.3) is 10.2 Å². The first kappa shape index (κ1) is 20.8. The number of nitrogens with zero attached hydrogens (tertiary/aromatic N) is 2. The minimum atomic E-state index is 0.0492. The molecule has 4 rings (SSSR count). The van der Waals surface area contributed by atoms with Crippen LogP contribution < -0.4 is 9.64 Å². The molecule has 2 heterocycles. The first-order valence-corrected chi connectivity index (χ1v) is 11.2. The van der Waals surface area contributed by atoms with E-state index in [1.807, 2.05) is 17.0 Å². The zero-order chi connectivity index (χ0) is 21.3. The maximum atomic E-state index is 13.5. The molecule has 158 valence electrons. The van der Waals surface area contributed by atoms with Gasteiger partial charge < -0.3 is 9.47 Å². The van der Waals surface area contributed by atoms with Gasteiger partial charge in [0.25, 0.3) is 0 Å². The lowest BCUT2D eigenvalue weighted by molar-refractivity contribution is -0.118. The second-order valence-electron chi connectivity index (χ2n) is 8.00. The Morgan fingerprint density at radius 3 is 2.77 bits per heavy atom. The van der Waals surface area contributed by atoms with Gasteiger partial charge in [0.15, 0.2) is 5.13 Å². The summed E-state index contributed by atoms with van der Waals surface area (Å²) in [5.74, 6) is 0.783.